The number of hydrogen-bond donors (Lipinski definition) is 1. The number of aromatic nitrogens is 5. The fourth-order valence-corrected chi connectivity index (χ4v) is 3.63. The molecule has 1 N–H and O–H groups in total. The van der Waals surface area contributed by atoms with Gasteiger partial charge in [0, 0.05) is 17.3 Å². The third kappa shape index (κ3) is 4.62. The van der Waals surface area contributed by atoms with E-state index in [2.05, 4.69) is 24.9 Å². The minimum Gasteiger partial charge on any atom is -0.760 e. The smallest absolute Gasteiger partial charge is 0.213 e. The number of imidazole rings is 1. The Balaban J connectivity index is 2.01. The zero-order chi connectivity index (χ0) is 23.4. The zero-order valence-corrected chi connectivity index (χ0v) is 19.0. The summed E-state index contributed by atoms with van der Waals surface area (Å²) in [7, 11) is 3.12. The molecule has 0 fully saturated rings. The van der Waals surface area contributed by atoms with Crippen molar-refractivity contribution in [2.45, 2.75) is 13.5 Å². The highest BCUT2D eigenvalue weighted by Gasteiger charge is 2.23. The third-order valence-corrected chi connectivity index (χ3v) is 5.09. The van der Waals surface area contributed by atoms with Gasteiger partial charge in [0.1, 0.15) is 22.9 Å². The monoisotopic (exact) mass is 469 g/mol. The van der Waals surface area contributed by atoms with Gasteiger partial charge in [-0.2, -0.15) is 5.10 Å². The van der Waals surface area contributed by atoms with E-state index < -0.39 is 11.3 Å². The molecule has 11 nitrogen and oxygen atoms in total. The van der Waals surface area contributed by atoms with Crippen molar-refractivity contribution >= 4 is 22.4 Å². The molecule has 3 heterocycles. The Kier molecular flexibility index (Phi) is 6.77. The molecule has 4 rings (SSSR count). The van der Waals surface area contributed by atoms with Crippen molar-refractivity contribution in [3.05, 3.63) is 48.2 Å². The molecule has 0 saturated carbocycles. The van der Waals surface area contributed by atoms with Crippen LogP contribution in [0.25, 0.3) is 28.4 Å². The van der Waals surface area contributed by atoms with E-state index in [1.165, 1.54) is 0 Å². The van der Waals surface area contributed by atoms with Crippen molar-refractivity contribution in [1.82, 2.24) is 29.5 Å². The summed E-state index contributed by atoms with van der Waals surface area (Å²) in [6.07, 6.45) is 0. The Morgan fingerprint density at radius 1 is 1.06 bits per heavy atom. The van der Waals surface area contributed by atoms with Crippen LogP contribution in [0.2, 0.25) is 0 Å². The largest absolute Gasteiger partial charge is 0.760 e. The quantitative estimate of drug-likeness (QED) is 0.366. The zero-order valence-electron chi connectivity index (χ0n) is 18.1. The summed E-state index contributed by atoms with van der Waals surface area (Å²) >= 11 is -2.43. The minimum atomic E-state index is -2.43. The molecule has 0 spiro atoms. The van der Waals surface area contributed by atoms with Gasteiger partial charge in [-0.05, 0) is 31.2 Å². The van der Waals surface area contributed by atoms with Crippen LogP contribution < -0.4 is 18.9 Å². The van der Waals surface area contributed by atoms with E-state index in [9.17, 15) is 8.76 Å². The number of para-hydroxylation sites is 1. The number of pyridine rings is 1. The first-order valence-electron chi connectivity index (χ1n) is 9.95. The van der Waals surface area contributed by atoms with E-state index in [1.54, 1.807) is 49.1 Å². The predicted molar refractivity (Wildman–Crippen MR) is 120 cm³/mol. The fraction of sp³-hybridized carbons (Fsp3) is 0.238. The molecular weight excluding hydrogens is 448 g/mol. The highest BCUT2D eigenvalue weighted by molar-refractivity contribution is 7.77. The second-order valence-electron chi connectivity index (χ2n) is 6.68. The first-order chi connectivity index (χ1) is 16.0. The number of ether oxygens (including phenoxy) is 3. The lowest BCUT2D eigenvalue weighted by atomic mass is 10.2. The van der Waals surface area contributed by atoms with Crippen LogP contribution in [0.4, 0.5) is 0 Å². The number of benzene rings is 1. The Bertz CT molecular complexity index is 1290. The highest BCUT2D eigenvalue weighted by Crippen LogP contribution is 2.38. The maximum atomic E-state index is 10.9. The van der Waals surface area contributed by atoms with Crippen LogP contribution in [0, 0.1) is 0 Å². The van der Waals surface area contributed by atoms with Gasteiger partial charge in [-0.1, -0.05) is 12.1 Å². The molecule has 172 valence electrons. The molecule has 1 unspecified atom stereocenters. The van der Waals surface area contributed by atoms with Gasteiger partial charge in [-0.3, -0.25) is 8.78 Å². The summed E-state index contributed by atoms with van der Waals surface area (Å²) in [5.74, 6) is 1.98. The molecule has 1 atom stereocenters. The Labute approximate surface area is 192 Å². The predicted octanol–water partition coefficient (Wildman–Crippen LogP) is 2.18. The molecule has 3 aromatic heterocycles. The average Bonchev–Trinajstić information content (AvgIpc) is 3.21. The molecule has 0 aliphatic carbocycles. The molecular formula is C21H21N6O5S-. The number of methoxy groups -OCH3 is 2. The van der Waals surface area contributed by atoms with E-state index in [0.717, 1.165) is 0 Å². The van der Waals surface area contributed by atoms with Gasteiger partial charge in [-0.25, -0.2) is 14.7 Å². The maximum Gasteiger partial charge on any atom is 0.213 e. The van der Waals surface area contributed by atoms with Crippen molar-refractivity contribution in [3.8, 4) is 34.6 Å². The molecule has 0 saturated heterocycles. The summed E-state index contributed by atoms with van der Waals surface area (Å²) in [6, 6.07) is 12.5. The summed E-state index contributed by atoms with van der Waals surface area (Å²) < 4.78 is 42.8. The molecule has 4 aromatic rings. The van der Waals surface area contributed by atoms with Crippen molar-refractivity contribution < 1.29 is 23.0 Å². The number of fused-ring (bicyclic) bond motifs is 1. The second-order valence-corrected chi connectivity index (χ2v) is 7.43. The van der Waals surface area contributed by atoms with Gasteiger partial charge < -0.3 is 18.8 Å². The topological polar surface area (TPSA) is 136 Å². The van der Waals surface area contributed by atoms with E-state index in [0.29, 0.717) is 58.0 Å². The Morgan fingerprint density at radius 3 is 2.45 bits per heavy atom. The lowest BCUT2D eigenvalue weighted by Gasteiger charge is -2.17. The molecule has 1 aromatic carbocycles. The van der Waals surface area contributed by atoms with Crippen molar-refractivity contribution in [3.63, 3.8) is 0 Å². The van der Waals surface area contributed by atoms with Gasteiger partial charge in [0.25, 0.3) is 0 Å². The summed E-state index contributed by atoms with van der Waals surface area (Å²) in [5, 5.41) is 8.28. The lowest BCUT2D eigenvalue weighted by Crippen LogP contribution is -2.16. The normalized spacial score (nSPS) is 12.0. The second kappa shape index (κ2) is 9.90. The van der Waals surface area contributed by atoms with Crippen LogP contribution in [-0.4, -0.2) is 54.3 Å². The molecule has 12 heteroatoms. The summed E-state index contributed by atoms with van der Waals surface area (Å²) in [5.41, 5.74) is 2.44. The third-order valence-electron chi connectivity index (χ3n) is 4.71. The number of hydrogen-bond acceptors (Lipinski definition) is 9. The van der Waals surface area contributed by atoms with Gasteiger partial charge in [-0.15, -0.1) is 5.10 Å². The maximum absolute atomic E-state index is 10.9. The Morgan fingerprint density at radius 2 is 1.79 bits per heavy atom. The Hall–Kier alpha value is -3.61. The molecule has 0 amide bonds. The SMILES string of the molecule is CCOc1cccc(-c2nc3nnc(CNS(=O)[O-])cc3n2-c2c(OC)cccc2OC)n1. The standard InChI is InChI=1S/C21H22N6O5S/c1-4-32-18-10-5-7-14(23-18)21-24-20-15(11-13(25-26-20)12-22-33(28)29)27(21)19-16(30-2)8-6-9-17(19)31-3/h5-11,22H,4,12H2,1-3H3,(H,28,29)/p-1. The molecule has 33 heavy (non-hydrogen) atoms. The van der Waals surface area contributed by atoms with E-state index in [4.69, 9.17) is 14.2 Å². The fourth-order valence-electron chi connectivity index (χ4n) is 3.36. The summed E-state index contributed by atoms with van der Waals surface area (Å²) in [4.78, 5) is 9.24. The molecule has 0 aliphatic rings. The van der Waals surface area contributed by atoms with Crippen molar-refractivity contribution in [2.75, 3.05) is 20.8 Å². The summed E-state index contributed by atoms with van der Waals surface area (Å²) in [6.45, 7) is 2.32. The van der Waals surface area contributed by atoms with Crippen LogP contribution in [-0.2, 0) is 17.8 Å². The van der Waals surface area contributed by atoms with E-state index in [1.807, 2.05) is 19.1 Å². The lowest BCUT2D eigenvalue weighted by molar-refractivity contribution is 0.327. The number of rotatable bonds is 9. The number of nitrogens with zero attached hydrogens (tertiary/aromatic N) is 5. The molecule has 0 aliphatic heterocycles. The van der Waals surface area contributed by atoms with Crippen LogP contribution >= 0.6 is 0 Å². The van der Waals surface area contributed by atoms with Gasteiger partial charge in [0.2, 0.25) is 11.5 Å². The molecule has 0 bridgehead atoms. The van der Waals surface area contributed by atoms with Gasteiger partial charge in [0.15, 0.2) is 5.82 Å². The van der Waals surface area contributed by atoms with Gasteiger partial charge in [0.05, 0.1) is 38.6 Å². The van der Waals surface area contributed by atoms with Crippen LogP contribution in [0.3, 0.4) is 0 Å². The van der Waals surface area contributed by atoms with Crippen LogP contribution in [0.1, 0.15) is 12.6 Å². The van der Waals surface area contributed by atoms with Gasteiger partial charge >= 0.3 is 0 Å². The number of nitrogens with one attached hydrogen (secondary N) is 1. The van der Waals surface area contributed by atoms with Crippen LogP contribution in [0.5, 0.6) is 17.4 Å². The first-order valence-corrected chi connectivity index (χ1v) is 11.0. The highest BCUT2D eigenvalue weighted by atomic mass is 32.2. The van der Waals surface area contributed by atoms with E-state index in [-0.39, 0.29) is 6.54 Å². The van der Waals surface area contributed by atoms with Crippen LogP contribution in [0.15, 0.2) is 42.5 Å². The van der Waals surface area contributed by atoms with Crippen molar-refractivity contribution in [1.29, 1.82) is 0 Å². The first kappa shape index (κ1) is 22.6. The van der Waals surface area contributed by atoms with E-state index >= 15 is 0 Å². The minimum absolute atomic E-state index is 0.0271. The van der Waals surface area contributed by atoms with Crippen molar-refractivity contribution in [2.24, 2.45) is 0 Å². The molecule has 0 radical (unpaired) electrons. The average molecular weight is 470 g/mol.